The average Bonchev–Trinajstić information content (AvgIpc) is 2.97. The number of aromatic nitrogens is 2. The number of amides is 1. The van der Waals surface area contributed by atoms with Gasteiger partial charge in [-0.25, -0.2) is 4.98 Å². The summed E-state index contributed by atoms with van der Waals surface area (Å²) >= 11 is 0. The Morgan fingerprint density at radius 2 is 2.05 bits per heavy atom. The minimum Gasteiger partial charge on any atom is -0.450 e. The Bertz CT molecular complexity index is 812. The van der Waals surface area contributed by atoms with Crippen LogP contribution in [0.5, 0.6) is 0 Å². The molecule has 5 nitrogen and oxygen atoms in total. The molecule has 22 heavy (non-hydrogen) atoms. The van der Waals surface area contributed by atoms with E-state index in [-0.39, 0.29) is 5.91 Å². The first-order chi connectivity index (χ1) is 10.7. The lowest BCUT2D eigenvalue weighted by molar-refractivity contribution is 0.0963. The smallest absolute Gasteiger partial charge is 0.326 e. The average molecular weight is 292 g/mol. The molecule has 0 unspecified atom stereocenters. The third-order valence-corrected chi connectivity index (χ3v) is 3.59. The van der Waals surface area contributed by atoms with Crippen LogP contribution in [0.4, 0.5) is 0 Å². The fourth-order valence-corrected chi connectivity index (χ4v) is 2.38. The summed E-state index contributed by atoms with van der Waals surface area (Å²) in [5.41, 5.74) is 4.25. The number of hydrogen-bond acceptors (Lipinski definition) is 3. The van der Waals surface area contributed by atoms with Crippen LogP contribution in [0.15, 0.2) is 48.8 Å². The zero-order valence-electron chi connectivity index (χ0n) is 12.2. The summed E-state index contributed by atoms with van der Waals surface area (Å²) in [5.74, 6) is -0.118. The van der Waals surface area contributed by atoms with Crippen LogP contribution >= 0.6 is 0 Å². The van der Waals surface area contributed by atoms with Crippen molar-refractivity contribution in [3.8, 4) is 0 Å². The van der Waals surface area contributed by atoms with Gasteiger partial charge in [0.15, 0.2) is 0 Å². The number of imidazole rings is 1. The zero-order valence-corrected chi connectivity index (χ0v) is 12.2. The van der Waals surface area contributed by atoms with E-state index in [1.165, 1.54) is 0 Å². The van der Waals surface area contributed by atoms with Gasteiger partial charge in [-0.2, -0.15) is 0 Å². The van der Waals surface area contributed by atoms with Crippen molar-refractivity contribution in [2.75, 3.05) is 7.05 Å². The van der Waals surface area contributed by atoms with Gasteiger partial charge in [0.25, 0.3) is 5.91 Å². The molecule has 0 bridgehead atoms. The van der Waals surface area contributed by atoms with Gasteiger partial charge in [0, 0.05) is 19.2 Å². The summed E-state index contributed by atoms with van der Waals surface area (Å²) in [6.07, 6.45) is 1.77. The van der Waals surface area contributed by atoms with E-state index in [1.807, 2.05) is 34.9 Å². The predicted octanol–water partition coefficient (Wildman–Crippen LogP) is 0.681. The van der Waals surface area contributed by atoms with Gasteiger partial charge < -0.3 is 14.9 Å². The lowest BCUT2D eigenvalue weighted by Crippen LogP contribution is -2.17. The minimum absolute atomic E-state index is 0.118. The fourth-order valence-electron chi connectivity index (χ4n) is 2.38. The molecule has 0 aliphatic rings. The molecule has 1 radical (unpaired) electrons. The number of benzene rings is 2. The van der Waals surface area contributed by atoms with E-state index in [9.17, 15) is 4.79 Å². The van der Waals surface area contributed by atoms with Crippen molar-refractivity contribution in [2.45, 2.75) is 6.54 Å². The van der Waals surface area contributed by atoms with Crippen LogP contribution in [-0.2, 0) is 6.54 Å². The van der Waals surface area contributed by atoms with E-state index < -0.39 is 0 Å². The first kappa shape index (κ1) is 14.3. The van der Waals surface area contributed by atoms with E-state index in [2.05, 4.69) is 10.3 Å². The first-order valence-electron chi connectivity index (χ1n) is 6.94. The molecule has 1 amide bonds. The number of hydrogen-bond donors (Lipinski definition) is 2. The maximum absolute atomic E-state index is 11.6. The lowest BCUT2D eigenvalue weighted by Gasteiger charge is -2.06. The molecule has 0 saturated heterocycles. The summed E-state index contributed by atoms with van der Waals surface area (Å²) in [6, 6.07) is 13.1. The van der Waals surface area contributed by atoms with Crippen molar-refractivity contribution in [1.29, 1.82) is 0 Å². The van der Waals surface area contributed by atoms with Gasteiger partial charge in [0.1, 0.15) is 0 Å². The standard InChI is InChI=1S/C16H15BN3O2/c1-18-16(21)12-4-7-15-14(8-12)19-10-20(15)9-11-2-5-13(17-22)6-3-11/h2-8,10,22H,9H2,1H3,(H,18,21). The fraction of sp³-hybridized carbons (Fsp3) is 0.125. The van der Waals surface area contributed by atoms with Crippen LogP contribution in [0.2, 0.25) is 0 Å². The maximum Gasteiger partial charge on any atom is 0.326 e. The Hall–Kier alpha value is -2.60. The molecule has 0 aliphatic heterocycles. The third-order valence-electron chi connectivity index (χ3n) is 3.59. The normalized spacial score (nSPS) is 10.6. The first-order valence-corrected chi connectivity index (χ1v) is 6.94. The predicted molar refractivity (Wildman–Crippen MR) is 86.3 cm³/mol. The third kappa shape index (κ3) is 2.73. The Balaban J connectivity index is 1.89. The highest BCUT2D eigenvalue weighted by atomic mass is 16.2. The molecule has 1 aromatic heterocycles. The number of carbonyl (C=O) groups excluding carboxylic acids is 1. The van der Waals surface area contributed by atoms with E-state index in [4.69, 9.17) is 5.02 Å². The second kappa shape index (κ2) is 6.03. The summed E-state index contributed by atoms with van der Waals surface area (Å²) in [4.78, 5) is 16.0. The van der Waals surface area contributed by atoms with Gasteiger partial charge in [0.05, 0.1) is 17.4 Å². The highest BCUT2D eigenvalue weighted by Crippen LogP contribution is 2.16. The largest absolute Gasteiger partial charge is 0.450 e. The molecule has 1 heterocycles. The van der Waals surface area contributed by atoms with Crippen molar-refractivity contribution in [2.24, 2.45) is 0 Å². The van der Waals surface area contributed by atoms with Crippen LogP contribution in [-0.4, -0.2) is 35.0 Å². The second-order valence-electron chi connectivity index (χ2n) is 5.03. The molecule has 0 saturated carbocycles. The summed E-state index contributed by atoms with van der Waals surface area (Å²) in [5, 5.41) is 11.6. The quantitative estimate of drug-likeness (QED) is 0.695. The number of rotatable bonds is 4. The van der Waals surface area contributed by atoms with E-state index in [0.29, 0.717) is 12.1 Å². The molecule has 6 heteroatoms. The lowest BCUT2D eigenvalue weighted by atomic mass is 9.88. The molecule has 2 aromatic carbocycles. The Labute approximate surface area is 128 Å². The number of nitrogens with one attached hydrogen (secondary N) is 1. The Kier molecular flexibility index (Phi) is 3.93. The van der Waals surface area contributed by atoms with Crippen LogP contribution in [0.3, 0.4) is 0 Å². The second-order valence-corrected chi connectivity index (χ2v) is 5.03. The van der Waals surface area contributed by atoms with Crippen molar-refractivity contribution >= 4 is 29.9 Å². The van der Waals surface area contributed by atoms with Gasteiger partial charge in [-0.3, -0.25) is 4.79 Å². The molecular weight excluding hydrogens is 277 g/mol. The van der Waals surface area contributed by atoms with E-state index in [1.54, 1.807) is 25.5 Å². The van der Waals surface area contributed by atoms with Crippen LogP contribution < -0.4 is 10.8 Å². The highest BCUT2D eigenvalue weighted by Gasteiger charge is 2.08. The summed E-state index contributed by atoms with van der Waals surface area (Å²) in [6.45, 7) is 0.682. The van der Waals surface area contributed by atoms with E-state index >= 15 is 0 Å². The Morgan fingerprint density at radius 1 is 1.27 bits per heavy atom. The molecule has 0 spiro atoms. The molecule has 0 fully saturated rings. The SMILES string of the molecule is CNC(=O)c1ccc2c(c1)ncn2Cc1ccc([B]O)cc1. The van der Waals surface area contributed by atoms with Gasteiger partial charge in [-0.15, -0.1) is 0 Å². The molecular formula is C16H15BN3O2. The van der Waals surface area contributed by atoms with E-state index in [0.717, 1.165) is 29.5 Å². The Morgan fingerprint density at radius 3 is 2.73 bits per heavy atom. The topological polar surface area (TPSA) is 67.2 Å². The van der Waals surface area contributed by atoms with Crippen LogP contribution in [0.25, 0.3) is 11.0 Å². The van der Waals surface area contributed by atoms with Crippen molar-refractivity contribution in [1.82, 2.24) is 14.9 Å². The molecule has 0 atom stereocenters. The van der Waals surface area contributed by atoms with Gasteiger partial charge >= 0.3 is 7.48 Å². The molecule has 3 rings (SSSR count). The molecule has 2 N–H and O–H groups in total. The molecule has 109 valence electrons. The molecule has 3 aromatic rings. The summed E-state index contributed by atoms with van der Waals surface area (Å²) < 4.78 is 2.03. The van der Waals surface area contributed by atoms with Crippen LogP contribution in [0.1, 0.15) is 15.9 Å². The summed E-state index contributed by atoms with van der Waals surface area (Å²) in [7, 11) is 2.69. The van der Waals surface area contributed by atoms with Gasteiger partial charge in [-0.05, 0) is 23.8 Å². The van der Waals surface area contributed by atoms with Crippen molar-refractivity contribution < 1.29 is 9.82 Å². The molecule has 0 aliphatic carbocycles. The van der Waals surface area contributed by atoms with Gasteiger partial charge in [-0.1, -0.05) is 29.7 Å². The minimum atomic E-state index is -0.118. The number of nitrogens with zero attached hydrogens (tertiary/aromatic N) is 2. The van der Waals surface area contributed by atoms with Crippen molar-refractivity contribution in [3.63, 3.8) is 0 Å². The maximum atomic E-state index is 11.6. The van der Waals surface area contributed by atoms with Crippen molar-refractivity contribution in [3.05, 3.63) is 59.9 Å². The zero-order chi connectivity index (χ0) is 15.5. The highest BCUT2D eigenvalue weighted by molar-refractivity contribution is 6.45. The number of fused-ring (bicyclic) bond motifs is 1. The van der Waals surface area contributed by atoms with Gasteiger partial charge in [0.2, 0.25) is 0 Å². The monoisotopic (exact) mass is 292 g/mol. The number of carbonyl (C=O) groups is 1. The van der Waals surface area contributed by atoms with Crippen LogP contribution in [0, 0.1) is 0 Å².